The Hall–Kier alpha value is -1.22. The van der Waals surface area contributed by atoms with Crippen LogP contribution in [-0.4, -0.2) is 0 Å². The van der Waals surface area contributed by atoms with E-state index < -0.39 is 11.6 Å². The van der Waals surface area contributed by atoms with Crippen molar-refractivity contribution in [1.82, 2.24) is 0 Å². The van der Waals surface area contributed by atoms with Gasteiger partial charge in [0.25, 0.3) is 0 Å². The molecule has 3 heteroatoms. The lowest BCUT2D eigenvalue weighted by Gasteiger charge is -2.17. The zero-order valence-corrected chi connectivity index (χ0v) is 9.76. The normalized spacial score (nSPS) is 17.7. The minimum atomic E-state index is -0.562. The summed E-state index contributed by atoms with van der Waals surface area (Å²) in [7, 11) is 0. The first-order valence-corrected chi connectivity index (χ1v) is 6.04. The first-order valence-electron chi connectivity index (χ1n) is 6.04. The van der Waals surface area contributed by atoms with Crippen LogP contribution < -0.4 is 5.73 Å². The van der Waals surface area contributed by atoms with Gasteiger partial charge in [-0.25, -0.2) is 8.78 Å². The highest BCUT2D eigenvalue weighted by molar-refractivity contribution is 5.23. The van der Waals surface area contributed by atoms with E-state index in [1.54, 1.807) is 0 Å². The van der Waals surface area contributed by atoms with Crippen molar-refractivity contribution in [3.8, 4) is 0 Å². The van der Waals surface area contributed by atoms with Gasteiger partial charge >= 0.3 is 0 Å². The maximum atomic E-state index is 13.1. The maximum Gasteiger partial charge on any atom is 0.126 e. The molecule has 1 aromatic rings. The molecule has 92 valence electrons. The third-order valence-corrected chi connectivity index (χ3v) is 3.18. The van der Waals surface area contributed by atoms with E-state index in [2.05, 4.69) is 6.08 Å². The van der Waals surface area contributed by atoms with Gasteiger partial charge in [-0.15, -0.1) is 0 Å². The molecule has 0 bridgehead atoms. The summed E-state index contributed by atoms with van der Waals surface area (Å²) in [6.07, 6.45) is 7.48. The average Bonchev–Trinajstić information content (AvgIpc) is 2.29. The van der Waals surface area contributed by atoms with Crippen LogP contribution in [0.5, 0.6) is 0 Å². The predicted octanol–water partition coefficient (Wildman–Crippen LogP) is 3.86. The van der Waals surface area contributed by atoms with Crippen LogP contribution in [0.2, 0.25) is 0 Å². The molecule has 0 spiro atoms. The highest BCUT2D eigenvalue weighted by Gasteiger charge is 2.12. The summed E-state index contributed by atoms with van der Waals surface area (Å²) in [5.41, 5.74) is 7.84. The fourth-order valence-electron chi connectivity index (χ4n) is 2.28. The van der Waals surface area contributed by atoms with E-state index in [0.717, 1.165) is 18.9 Å². The van der Waals surface area contributed by atoms with Gasteiger partial charge < -0.3 is 5.73 Å². The predicted molar refractivity (Wildman–Crippen MR) is 64.5 cm³/mol. The number of halogens is 2. The van der Waals surface area contributed by atoms with E-state index in [9.17, 15) is 8.78 Å². The Labute approximate surface area is 100 Å². The van der Waals surface area contributed by atoms with E-state index in [1.165, 1.54) is 30.5 Å². The average molecular weight is 237 g/mol. The first kappa shape index (κ1) is 12.2. The van der Waals surface area contributed by atoms with Crippen molar-refractivity contribution in [2.45, 2.75) is 38.1 Å². The van der Waals surface area contributed by atoms with Gasteiger partial charge in [0.1, 0.15) is 11.6 Å². The number of allylic oxidation sites excluding steroid dienone is 1. The number of hydrogen-bond donors (Lipinski definition) is 1. The van der Waals surface area contributed by atoms with Gasteiger partial charge in [0.15, 0.2) is 0 Å². The molecule has 0 saturated heterocycles. The van der Waals surface area contributed by atoms with Gasteiger partial charge in [0.2, 0.25) is 0 Å². The van der Waals surface area contributed by atoms with E-state index in [0.29, 0.717) is 12.0 Å². The number of rotatable bonds is 3. The van der Waals surface area contributed by atoms with Crippen molar-refractivity contribution in [1.29, 1.82) is 0 Å². The van der Waals surface area contributed by atoms with E-state index in [4.69, 9.17) is 5.73 Å². The van der Waals surface area contributed by atoms with Crippen LogP contribution in [0.3, 0.4) is 0 Å². The van der Waals surface area contributed by atoms with Crippen LogP contribution >= 0.6 is 0 Å². The second-order valence-electron chi connectivity index (χ2n) is 4.62. The summed E-state index contributed by atoms with van der Waals surface area (Å²) in [6, 6.07) is 3.19. The van der Waals surface area contributed by atoms with Crippen LogP contribution in [0.4, 0.5) is 8.78 Å². The zero-order chi connectivity index (χ0) is 12.3. The summed E-state index contributed by atoms with van der Waals surface area (Å²) in [5, 5.41) is 0. The Balaban J connectivity index is 2.08. The topological polar surface area (TPSA) is 26.0 Å². The molecular formula is C14H17F2N. The van der Waals surface area contributed by atoms with Crippen molar-refractivity contribution in [2.75, 3.05) is 0 Å². The highest BCUT2D eigenvalue weighted by atomic mass is 19.1. The summed E-state index contributed by atoms with van der Waals surface area (Å²) in [4.78, 5) is 0. The highest BCUT2D eigenvalue weighted by Crippen LogP contribution is 2.26. The molecule has 0 aliphatic heterocycles. The lowest BCUT2D eigenvalue weighted by molar-refractivity contribution is 0.568. The minimum absolute atomic E-state index is 0.315. The van der Waals surface area contributed by atoms with Gasteiger partial charge in [-0.1, -0.05) is 11.6 Å². The monoisotopic (exact) mass is 237 g/mol. The lowest BCUT2D eigenvalue weighted by atomic mass is 9.92. The maximum absolute atomic E-state index is 13.1. The third-order valence-electron chi connectivity index (χ3n) is 3.18. The van der Waals surface area contributed by atoms with E-state index in [-0.39, 0.29) is 6.04 Å². The molecule has 1 nitrogen and oxygen atoms in total. The number of hydrogen-bond acceptors (Lipinski definition) is 1. The molecule has 1 aromatic carbocycles. The molecule has 0 amide bonds. The number of benzene rings is 1. The van der Waals surface area contributed by atoms with Gasteiger partial charge in [-0.3, -0.25) is 0 Å². The third kappa shape index (κ3) is 3.37. The Morgan fingerprint density at radius 3 is 2.41 bits per heavy atom. The molecule has 0 radical (unpaired) electrons. The summed E-state index contributed by atoms with van der Waals surface area (Å²) in [5.74, 6) is -1.12. The van der Waals surface area contributed by atoms with Crippen molar-refractivity contribution in [2.24, 2.45) is 5.73 Å². The molecule has 0 aromatic heterocycles. The Morgan fingerprint density at radius 2 is 1.82 bits per heavy atom. The van der Waals surface area contributed by atoms with Gasteiger partial charge in [0.05, 0.1) is 0 Å². The Bertz CT molecular complexity index is 406. The molecule has 2 N–H and O–H groups in total. The number of nitrogens with two attached hydrogens (primary N) is 1. The quantitative estimate of drug-likeness (QED) is 0.794. The van der Waals surface area contributed by atoms with Crippen LogP contribution in [0.25, 0.3) is 0 Å². The van der Waals surface area contributed by atoms with Crippen molar-refractivity contribution < 1.29 is 8.78 Å². The molecule has 0 heterocycles. The van der Waals surface area contributed by atoms with Crippen molar-refractivity contribution in [3.05, 3.63) is 47.0 Å². The van der Waals surface area contributed by atoms with Gasteiger partial charge in [-0.2, -0.15) is 0 Å². The standard InChI is InChI=1S/C14H17F2N/c15-12-7-11(8-13(16)9-12)14(17)6-10-4-2-1-3-5-10/h4,7-9,14H,1-3,5-6,17H2. The second kappa shape index (κ2) is 5.41. The van der Waals surface area contributed by atoms with E-state index in [1.807, 2.05) is 0 Å². The second-order valence-corrected chi connectivity index (χ2v) is 4.62. The molecule has 2 rings (SSSR count). The first-order chi connectivity index (χ1) is 8.15. The fraction of sp³-hybridized carbons (Fsp3) is 0.429. The van der Waals surface area contributed by atoms with Crippen molar-refractivity contribution >= 4 is 0 Å². The molecule has 1 aliphatic rings. The Morgan fingerprint density at radius 1 is 1.12 bits per heavy atom. The Kier molecular flexibility index (Phi) is 3.89. The zero-order valence-electron chi connectivity index (χ0n) is 9.76. The molecule has 0 fully saturated rings. The summed E-state index contributed by atoms with van der Waals surface area (Å²) >= 11 is 0. The molecule has 1 unspecified atom stereocenters. The molecular weight excluding hydrogens is 220 g/mol. The van der Waals surface area contributed by atoms with Crippen LogP contribution in [0, 0.1) is 11.6 Å². The molecule has 0 saturated carbocycles. The molecule has 1 atom stereocenters. The van der Waals surface area contributed by atoms with Gasteiger partial charge in [-0.05, 0) is 49.8 Å². The SMILES string of the molecule is NC(CC1=CCCCC1)c1cc(F)cc(F)c1. The van der Waals surface area contributed by atoms with Crippen LogP contribution in [-0.2, 0) is 0 Å². The van der Waals surface area contributed by atoms with E-state index >= 15 is 0 Å². The summed E-state index contributed by atoms with van der Waals surface area (Å²) < 4.78 is 26.1. The lowest BCUT2D eigenvalue weighted by Crippen LogP contribution is -2.12. The van der Waals surface area contributed by atoms with Crippen LogP contribution in [0.1, 0.15) is 43.7 Å². The van der Waals surface area contributed by atoms with Crippen LogP contribution in [0.15, 0.2) is 29.8 Å². The van der Waals surface area contributed by atoms with Gasteiger partial charge in [0, 0.05) is 12.1 Å². The molecule has 1 aliphatic carbocycles. The minimum Gasteiger partial charge on any atom is -0.324 e. The summed E-state index contributed by atoms with van der Waals surface area (Å²) in [6.45, 7) is 0. The van der Waals surface area contributed by atoms with Crippen molar-refractivity contribution in [3.63, 3.8) is 0 Å². The fourth-order valence-corrected chi connectivity index (χ4v) is 2.28. The largest absolute Gasteiger partial charge is 0.324 e. The molecule has 17 heavy (non-hydrogen) atoms. The smallest absolute Gasteiger partial charge is 0.126 e.